The van der Waals surface area contributed by atoms with E-state index in [4.69, 9.17) is 0 Å². The van der Waals surface area contributed by atoms with Gasteiger partial charge < -0.3 is 4.98 Å². The average Bonchev–Trinajstić information content (AvgIpc) is 2.38. The molecular weight excluding hydrogens is 269 g/mol. The lowest BCUT2D eigenvalue weighted by Crippen LogP contribution is -2.16. The van der Waals surface area contributed by atoms with Crippen LogP contribution in [0.5, 0.6) is 0 Å². The number of halogens is 3. The predicted octanol–water partition coefficient (Wildman–Crippen LogP) is 3.12. The molecule has 1 N–H and O–H groups in total. The monoisotopic (exact) mass is 282 g/mol. The molecule has 0 radical (unpaired) electrons. The van der Waals surface area contributed by atoms with E-state index in [-0.39, 0.29) is 16.8 Å². The maximum atomic E-state index is 13.8. The highest BCUT2D eigenvalue weighted by Gasteiger charge is 2.16. The van der Waals surface area contributed by atoms with Crippen LogP contribution in [0, 0.1) is 24.4 Å². The summed E-state index contributed by atoms with van der Waals surface area (Å²) in [6.45, 7) is 3.36. The molecule has 0 aliphatic heterocycles. The summed E-state index contributed by atoms with van der Waals surface area (Å²) >= 11 is 0. The summed E-state index contributed by atoms with van der Waals surface area (Å²) in [5.41, 5.74) is -0.434. The summed E-state index contributed by atoms with van der Waals surface area (Å²) in [5, 5.41) is 0. The van der Waals surface area contributed by atoms with Crippen LogP contribution in [0.2, 0.25) is 0 Å². The Bertz CT molecular complexity index is 710. The quantitative estimate of drug-likeness (QED) is 0.879. The molecule has 6 heteroatoms. The first kappa shape index (κ1) is 14.3. The molecule has 0 spiro atoms. The van der Waals surface area contributed by atoms with Crippen molar-refractivity contribution in [2.75, 3.05) is 0 Å². The van der Waals surface area contributed by atoms with E-state index in [0.29, 0.717) is 18.3 Å². The summed E-state index contributed by atoms with van der Waals surface area (Å²) in [6, 6.07) is 1.17. The molecule has 2 rings (SSSR count). The zero-order valence-corrected chi connectivity index (χ0v) is 11.1. The molecular formula is C14H13F3N2O. The van der Waals surface area contributed by atoms with Crippen LogP contribution in [0.4, 0.5) is 13.2 Å². The van der Waals surface area contributed by atoms with Crippen LogP contribution < -0.4 is 5.56 Å². The van der Waals surface area contributed by atoms with E-state index in [0.717, 1.165) is 12.5 Å². The second kappa shape index (κ2) is 5.48. The van der Waals surface area contributed by atoms with Crippen molar-refractivity contribution in [1.82, 2.24) is 9.97 Å². The van der Waals surface area contributed by atoms with Gasteiger partial charge in [0.05, 0.1) is 5.69 Å². The summed E-state index contributed by atoms with van der Waals surface area (Å²) in [5.74, 6) is -3.02. The van der Waals surface area contributed by atoms with Crippen LogP contribution in [0.25, 0.3) is 11.3 Å². The van der Waals surface area contributed by atoms with Gasteiger partial charge in [0.1, 0.15) is 11.6 Å². The molecule has 0 aliphatic carbocycles. The van der Waals surface area contributed by atoms with Gasteiger partial charge in [-0.15, -0.1) is 0 Å². The first-order valence-electron chi connectivity index (χ1n) is 6.18. The van der Waals surface area contributed by atoms with Crippen molar-refractivity contribution in [2.24, 2.45) is 0 Å². The minimum absolute atomic E-state index is 0.0357. The van der Waals surface area contributed by atoms with Crippen LogP contribution in [-0.2, 0) is 6.42 Å². The maximum Gasteiger partial charge on any atom is 0.254 e. The van der Waals surface area contributed by atoms with Gasteiger partial charge in [0.25, 0.3) is 5.56 Å². The van der Waals surface area contributed by atoms with Crippen molar-refractivity contribution < 1.29 is 13.2 Å². The Morgan fingerprint density at radius 2 is 1.80 bits per heavy atom. The van der Waals surface area contributed by atoms with E-state index in [1.165, 1.54) is 6.92 Å². The van der Waals surface area contributed by atoms with E-state index in [1.807, 2.05) is 6.92 Å². The highest BCUT2D eigenvalue weighted by molar-refractivity contribution is 5.63. The Balaban J connectivity index is 2.68. The molecule has 20 heavy (non-hydrogen) atoms. The molecule has 0 saturated heterocycles. The van der Waals surface area contributed by atoms with Crippen molar-refractivity contribution >= 4 is 0 Å². The fraction of sp³-hybridized carbons (Fsp3) is 0.286. The molecule has 0 atom stereocenters. The fourth-order valence-corrected chi connectivity index (χ4v) is 1.90. The molecule has 0 aliphatic rings. The van der Waals surface area contributed by atoms with Crippen LogP contribution in [0.15, 0.2) is 16.9 Å². The lowest BCUT2D eigenvalue weighted by molar-refractivity contribution is 0.496. The van der Waals surface area contributed by atoms with Gasteiger partial charge in [0, 0.05) is 23.6 Å². The van der Waals surface area contributed by atoms with Gasteiger partial charge in [-0.05, 0) is 19.4 Å². The highest BCUT2D eigenvalue weighted by atomic mass is 19.2. The first-order chi connectivity index (χ1) is 9.43. The van der Waals surface area contributed by atoms with E-state index < -0.39 is 23.0 Å². The number of benzene rings is 1. The standard InChI is InChI=1S/C14H13F3N2O/c1-3-4-12-18-13(7(2)14(20)19-12)8-5-10(16)11(17)6-9(8)15/h5-6H,3-4H2,1-2H3,(H,18,19,20). The van der Waals surface area contributed by atoms with Gasteiger partial charge in [0.15, 0.2) is 11.6 Å². The molecule has 0 fully saturated rings. The number of aromatic amines is 1. The third kappa shape index (κ3) is 2.59. The number of nitrogens with one attached hydrogen (secondary N) is 1. The topological polar surface area (TPSA) is 45.8 Å². The molecule has 0 bridgehead atoms. The lowest BCUT2D eigenvalue weighted by atomic mass is 10.1. The third-order valence-electron chi connectivity index (χ3n) is 2.95. The van der Waals surface area contributed by atoms with Crippen LogP contribution in [-0.4, -0.2) is 9.97 Å². The molecule has 106 valence electrons. The minimum atomic E-state index is -1.28. The van der Waals surface area contributed by atoms with Crippen molar-refractivity contribution in [3.05, 3.63) is 51.3 Å². The molecule has 0 amide bonds. The number of aromatic nitrogens is 2. The van der Waals surface area contributed by atoms with Crippen molar-refractivity contribution in [1.29, 1.82) is 0 Å². The highest BCUT2D eigenvalue weighted by Crippen LogP contribution is 2.25. The second-order valence-corrected chi connectivity index (χ2v) is 4.48. The van der Waals surface area contributed by atoms with Crippen LogP contribution in [0.1, 0.15) is 24.7 Å². The number of H-pyrrole nitrogens is 1. The van der Waals surface area contributed by atoms with Gasteiger partial charge >= 0.3 is 0 Å². The van der Waals surface area contributed by atoms with E-state index in [2.05, 4.69) is 9.97 Å². The number of aryl methyl sites for hydroxylation is 1. The van der Waals surface area contributed by atoms with Crippen LogP contribution in [0.3, 0.4) is 0 Å². The molecule has 2 aromatic rings. The summed E-state index contributed by atoms with van der Waals surface area (Å²) in [6.07, 6.45) is 1.25. The van der Waals surface area contributed by atoms with Gasteiger partial charge in [-0.3, -0.25) is 4.79 Å². The van der Waals surface area contributed by atoms with Crippen molar-refractivity contribution in [3.8, 4) is 11.3 Å². The molecule has 1 aromatic carbocycles. The first-order valence-corrected chi connectivity index (χ1v) is 6.18. The molecule has 0 unspecified atom stereocenters. The Kier molecular flexibility index (Phi) is 3.92. The number of nitrogens with zero attached hydrogens (tertiary/aromatic N) is 1. The van der Waals surface area contributed by atoms with Gasteiger partial charge in [0.2, 0.25) is 0 Å². The van der Waals surface area contributed by atoms with Gasteiger partial charge in [-0.25, -0.2) is 18.2 Å². The largest absolute Gasteiger partial charge is 0.310 e. The maximum absolute atomic E-state index is 13.8. The summed E-state index contributed by atoms with van der Waals surface area (Å²) in [7, 11) is 0. The fourth-order valence-electron chi connectivity index (χ4n) is 1.90. The normalized spacial score (nSPS) is 10.8. The predicted molar refractivity (Wildman–Crippen MR) is 68.9 cm³/mol. The average molecular weight is 282 g/mol. The smallest absolute Gasteiger partial charge is 0.254 e. The Morgan fingerprint density at radius 3 is 2.45 bits per heavy atom. The Hall–Kier alpha value is -2.11. The zero-order valence-electron chi connectivity index (χ0n) is 11.1. The van der Waals surface area contributed by atoms with E-state index in [1.54, 1.807) is 0 Å². The zero-order chi connectivity index (χ0) is 14.9. The third-order valence-corrected chi connectivity index (χ3v) is 2.95. The van der Waals surface area contributed by atoms with Crippen molar-refractivity contribution in [3.63, 3.8) is 0 Å². The molecule has 1 heterocycles. The molecule has 1 aromatic heterocycles. The SMILES string of the molecule is CCCc1nc(-c2cc(F)c(F)cc2F)c(C)c(=O)[nH]1. The van der Waals surface area contributed by atoms with Gasteiger partial charge in [-0.1, -0.05) is 6.92 Å². The Morgan fingerprint density at radius 1 is 1.15 bits per heavy atom. The van der Waals surface area contributed by atoms with E-state index in [9.17, 15) is 18.0 Å². The molecule has 0 saturated carbocycles. The number of hydrogen-bond donors (Lipinski definition) is 1. The molecule has 3 nitrogen and oxygen atoms in total. The minimum Gasteiger partial charge on any atom is -0.310 e. The lowest BCUT2D eigenvalue weighted by Gasteiger charge is -2.09. The Labute approximate surface area is 113 Å². The second-order valence-electron chi connectivity index (χ2n) is 4.48. The van der Waals surface area contributed by atoms with Crippen LogP contribution >= 0.6 is 0 Å². The van der Waals surface area contributed by atoms with E-state index >= 15 is 0 Å². The van der Waals surface area contributed by atoms with Crippen molar-refractivity contribution in [2.45, 2.75) is 26.7 Å². The summed E-state index contributed by atoms with van der Waals surface area (Å²) in [4.78, 5) is 18.5. The van der Waals surface area contributed by atoms with Gasteiger partial charge in [-0.2, -0.15) is 0 Å². The number of hydrogen-bond acceptors (Lipinski definition) is 2. The number of rotatable bonds is 3. The summed E-state index contributed by atoms with van der Waals surface area (Å²) < 4.78 is 40.0.